The van der Waals surface area contributed by atoms with Crippen LogP contribution in [0.5, 0.6) is 0 Å². The van der Waals surface area contributed by atoms with Gasteiger partial charge in [0.25, 0.3) is 11.6 Å². The van der Waals surface area contributed by atoms with Crippen molar-refractivity contribution in [2.45, 2.75) is 11.8 Å². The van der Waals surface area contributed by atoms with Gasteiger partial charge in [-0.3, -0.25) is 24.7 Å². The number of fused-ring (bicyclic) bond motifs is 1. The van der Waals surface area contributed by atoms with Crippen LogP contribution >= 0.6 is 35.5 Å². The molecular weight excluding hydrogens is 484 g/mol. The van der Waals surface area contributed by atoms with Crippen molar-refractivity contribution >= 4 is 62.4 Å². The Bertz CT molecular complexity index is 1150. The Morgan fingerprint density at radius 1 is 1.30 bits per heavy atom. The standard InChI is InChI=1S/C22H24N4O4S2.ClH/c1-15-17(4-3-5-19(15)26(28)29)21(27)25(9-8-24-10-12-30-13-11-24)22-23-18-7-6-16(31-2)14-20(18)32-22;/h3-7,14H,8-13H2,1-2H3;1H. The Labute approximate surface area is 206 Å². The van der Waals surface area contributed by atoms with E-state index in [4.69, 9.17) is 9.72 Å². The molecule has 1 amide bonds. The number of nitrogens with zero attached hydrogens (tertiary/aromatic N) is 4. The molecule has 1 aliphatic rings. The molecule has 0 bridgehead atoms. The number of nitro groups is 1. The van der Waals surface area contributed by atoms with E-state index in [9.17, 15) is 14.9 Å². The van der Waals surface area contributed by atoms with Gasteiger partial charge < -0.3 is 4.74 Å². The summed E-state index contributed by atoms with van der Waals surface area (Å²) in [5.41, 5.74) is 1.47. The minimum absolute atomic E-state index is 0. The number of ether oxygens (including phenoxy) is 1. The number of halogens is 1. The van der Waals surface area contributed by atoms with Crippen molar-refractivity contribution in [1.29, 1.82) is 0 Å². The molecule has 33 heavy (non-hydrogen) atoms. The fraction of sp³-hybridized carbons (Fsp3) is 0.364. The molecule has 1 aromatic heterocycles. The van der Waals surface area contributed by atoms with Crippen LogP contribution in [0.15, 0.2) is 41.3 Å². The van der Waals surface area contributed by atoms with E-state index >= 15 is 0 Å². The van der Waals surface area contributed by atoms with Gasteiger partial charge in [0.1, 0.15) is 0 Å². The van der Waals surface area contributed by atoms with E-state index in [1.807, 2.05) is 18.4 Å². The number of nitro benzene ring substituents is 1. The maximum absolute atomic E-state index is 13.6. The highest BCUT2D eigenvalue weighted by atomic mass is 35.5. The van der Waals surface area contributed by atoms with Gasteiger partial charge in [0.05, 0.1) is 28.4 Å². The maximum atomic E-state index is 13.6. The van der Waals surface area contributed by atoms with Crippen LogP contribution in [0.2, 0.25) is 0 Å². The van der Waals surface area contributed by atoms with Crippen LogP contribution in [0.3, 0.4) is 0 Å². The van der Waals surface area contributed by atoms with Gasteiger partial charge in [0.15, 0.2) is 5.13 Å². The van der Waals surface area contributed by atoms with Crippen molar-refractivity contribution in [3.8, 4) is 0 Å². The van der Waals surface area contributed by atoms with Crippen LogP contribution in [0, 0.1) is 17.0 Å². The summed E-state index contributed by atoms with van der Waals surface area (Å²) in [7, 11) is 0. The minimum Gasteiger partial charge on any atom is -0.379 e. The highest BCUT2D eigenvalue weighted by molar-refractivity contribution is 7.98. The van der Waals surface area contributed by atoms with E-state index in [2.05, 4.69) is 11.0 Å². The molecule has 3 aromatic rings. The Morgan fingerprint density at radius 3 is 2.76 bits per heavy atom. The molecule has 2 aromatic carbocycles. The average molecular weight is 509 g/mol. The topological polar surface area (TPSA) is 88.8 Å². The zero-order chi connectivity index (χ0) is 22.7. The summed E-state index contributed by atoms with van der Waals surface area (Å²) in [5, 5.41) is 12.0. The van der Waals surface area contributed by atoms with E-state index in [0.29, 0.717) is 42.6 Å². The smallest absolute Gasteiger partial charge is 0.273 e. The summed E-state index contributed by atoms with van der Waals surface area (Å²) >= 11 is 3.12. The van der Waals surface area contributed by atoms with E-state index < -0.39 is 4.92 Å². The molecule has 0 unspecified atom stereocenters. The Kier molecular flexibility index (Phi) is 8.66. The molecule has 0 spiro atoms. The lowest BCUT2D eigenvalue weighted by molar-refractivity contribution is -0.385. The Balaban J connectivity index is 0.00000306. The predicted octanol–water partition coefficient (Wildman–Crippen LogP) is 4.64. The first-order chi connectivity index (χ1) is 15.5. The molecule has 0 aliphatic carbocycles. The molecule has 0 atom stereocenters. The lowest BCUT2D eigenvalue weighted by atomic mass is 10.1. The van der Waals surface area contributed by atoms with Gasteiger partial charge >= 0.3 is 0 Å². The van der Waals surface area contributed by atoms with Crippen LogP contribution in [0.4, 0.5) is 10.8 Å². The van der Waals surface area contributed by atoms with Gasteiger partial charge in [-0.1, -0.05) is 17.4 Å². The largest absolute Gasteiger partial charge is 0.379 e. The summed E-state index contributed by atoms with van der Waals surface area (Å²) in [4.78, 5) is 34.3. The quantitative estimate of drug-likeness (QED) is 0.261. The fourth-order valence-corrected chi connectivity index (χ4v) is 5.23. The normalized spacial score (nSPS) is 14.1. The van der Waals surface area contributed by atoms with Crippen molar-refractivity contribution in [3.63, 3.8) is 0 Å². The van der Waals surface area contributed by atoms with Crippen LogP contribution in [0.1, 0.15) is 15.9 Å². The second-order valence-corrected chi connectivity index (χ2v) is 9.34. The molecule has 8 nitrogen and oxygen atoms in total. The third-order valence-corrected chi connectivity index (χ3v) is 7.30. The number of thioether (sulfide) groups is 1. The third kappa shape index (κ3) is 5.64. The fourth-order valence-electron chi connectivity index (χ4n) is 3.68. The molecule has 2 heterocycles. The number of morpholine rings is 1. The van der Waals surface area contributed by atoms with Gasteiger partial charge in [-0.05, 0) is 37.4 Å². The third-order valence-electron chi connectivity index (χ3n) is 5.54. The second-order valence-electron chi connectivity index (χ2n) is 7.45. The first-order valence-electron chi connectivity index (χ1n) is 10.3. The van der Waals surface area contributed by atoms with Crippen molar-refractivity contribution in [2.75, 3.05) is 50.5 Å². The van der Waals surface area contributed by atoms with Gasteiger partial charge in [-0.25, -0.2) is 4.98 Å². The number of rotatable bonds is 7. The van der Waals surface area contributed by atoms with E-state index in [0.717, 1.165) is 28.2 Å². The highest BCUT2D eigenvalue weighted by Gasteiger charge is 2.26. The van der Waals surface area contributed by atoms with Crippen molar-refractivity contribution < 1.29 is 14.5 Å². The summed E-state index contributed by atoms with van der Waals surface area (Å²) in [6.45, 7) is 5.72. The molecule has 1 saturated heterocycles. The zero-order valence-corrected chi connectivity index (χ0v) is 20.8. The van der Waals surface area contributed by atoms with Crippen molar-refractivity contribution in [2.24, 2.45) is 0 Å². The van der Waals surface area contributed by atoms with Crippen molar-refractivity contribution in [3.05, 3.63) is 57.6 Å². The number of amides is 1. The molecule has 4 rings (SSSR count). The number of thiazole rings is 1. The summed E-state index contributed by atoms with van der Waals surface area (Å²) < 4.78 is 6.43. The molecule has 176 valence electrons. The molecule has 0 saturated carbocycles. The summed E-state index contributed by atoms with van der Waals surface area (Å²) in [6.07, 6.45) is 2.02. The summed E-state index contributed by atoms with van der Waals surface area (Å²) in [5.74, 6) is -0.274. The lowest BCUT2D eigenvalue weighted by Crippen LogP contribution is -2.43. The lowest BCUT2D eigenvalue weighted by Gasteiger charge is -2.29. The van der Waals surface area contributed by atoms with E-state index in [-0.39, 0.29) is 24.0 Å². The van der Waals surface area contributed by atoms with Crippen LogP contribution in [0.25, 0.3) is 10.2 Å². The second kappa shape index (κ2) is 11.3. The number of benzene rings is 2. The molecule has 1 fully saturated rings. The highest BCUT2D eigenvalue weighted by Crippen LogP contribution is 2.33. The zero-order valence-electron chi connectivity index (χ0n) is 18.4. The van der Waals surface area contributed by atoms with Gasteiger partial charge in [0.2, 0.25) is 0 Å². The van der Waals surface area contributed by atoms with Gasteiger partial charge in [-0.15, -0.1) is 24.2 Å². The van der Waals surface area contributed by atoms with E-state index in [1.54, 1.807) is 35.7 Å². The molecule has 1 aliphatic heterocycles. The number of carbonyl (C=O) groups is 1. The van der Waals surface area contributed by atoms with Crippen LogP contribution in [-0.4, -0.2) is 66.4 Å². The predicted molar refractivity (Wildman–Crippen MR) is 135 cm³/mol. The average Bonchev–Trinajstić information content (AvgIpc) is 3.22. The number of anilines is 1. The Hall–Kier alpha value is -2.24. The molecular formula is C22H25ClN4O4S2. The summed E-state index contributed by atoms with van der Waals surface area (Å²) in [6, 6.07) is 10.7. The molecule has 0 N–H and O–H groups in total. The first-order valence-corrected chi connectivity index (χ1v) is 12.3. The van der Waals surface area contributed by atoms with E-state index in [1.165, 1.54) is 17.4 Å². The number of hydrogen-bond acceptors (Lipinski definition) is 8. The van der Waals surface area contributed by atoms with Crippen LogP contribution < -0.4 is 4.90 Å². The minimum atomic E-state index is -0.453. The Morgan fingerprint density at radius 2 is 2.06 bits per heavy atom. The van der Waals surface area contributed by atoms with Gasteiger partial charge in [-0.2, -0.15) is 0 Å². The monoisotopic (exact) mass is 508 g/mol. The first kappa shape index (κ1) is 25.4. The number of aromatic nitrogens is 1. The maximum Gasteiger partial charge on any atom is 0.273 e. The van der Waals surface area contributed by atoms with Crippen LogP contribution in [-0.2, 0) is 4.74 Å². The SMILES string of the molecule is CSc1ccc2nc(N(CCN3CCOCC3)C(=O)c3cccc([N+](=O)[O-])c3C)sc2c1.Cl. The van der Waals surface area contributed by atoms with Gasteiger partial charge in [0, 0.05) is 48.3 Å². The number of carbonyl (C=O) groups excluding carboxylic acids is 1. The molecule has 11 heteroatoms. The van der Waals surface area contributed by atoms with Crippen molar-refractivity contribution in [1.82, 2.24) is 9.88 Å². The number of hydrogen-bond donors (Lipinski definition) is 0. The molecule has 0 radical (unpaired) electrons.